The van der Waals surface area contributed by atoms with Gasteiger partial charge in [0.2, 0.25) is 11.5 Å². The number of carboxylic acid groups (broad SMARTS) is 4. The van der Waals surface area contributed by atoms with Gasteiger partial charge >= 0.3 is 106 Å². The summed E-state index contributed by atoms with van der Waals surface area (Å²) in [5.74, 6) is -4.02. The van der Waals surface area contributed by atoms with Crippen molar-refractivity contribution in [3.8, 4) is 46.0 Å². The molecule has 4 N–H and O–H groups in total. The third kappa shape index (κ3) is 62.0. The van der Waals surface area contributed by atoms with Gasteiger partial charge in [-0.05, 0) is 53.1 Å². The Kier molecular flexibility index (Phi) is 75.8. The fourth-order valence-corrected chi connectivity index (χ4v) is 9.81. The second-order valence-electron chi connectivity index (χ2n) is 24.6. The zero-order valence-electron chi connectivity index (χ0n) is 70.6. The Morgan fingerprint density at radius 1 is 0.252 bits per heavy atom. The molecule has 42 heteroatoms. The van der Waals surface area contributed by atoms with Crippen molar-refractivity contribution in [2.45, 2.75) is 19.8 Å². The van der Waals surface area contributed by atoms with E-state index in [1.807, 2.05) is 0 Å². The van der Waals surface area contributed by atoms with Gasteiger partial charge in [0.25, 0.3) is 0 Å². The minimum Gasteiger partial charge on any atom is -0.489 e. The Morgan fingerprint density at radius 2 is 0.462 bits per heavy atom. The standard InChI is InChI=1S/C77H125N3O36.Mn.2Na/c1-90-11-17-96-23-29-102-35-41-108-67-49-63(50-68(109-42-36-103-30-24-97-18-12-91-2)76(67)112-45-39-106-33-27-100-21-15-94-5)59-114-65-47-62(61-116-75(89)58-80(57-74(87)88)10-8-78(54-71(81)82)7-9-79(55-72(83)84)56-73(85)86)48-66(53-65)115-60-64-51-69(110-43-37-104-31-25-98-19-13-92-3)77(113-46-40-107-34-28-101-22-16-95-6)70(52-64)111-44-38-105-32-26-99-20-14-93-4;;;/h47-53H,7-46,54-61H2,1-6H3,(H,81,82)(H,83,84)(H,85,86)(H,87,88);;;/q;+3;2*+1. The van der Waals surface area contributed by atoms with Crippen molar-refractivity contribution in [3.05, 3.63) is 59.2 Å². The minimum absolute atomic E-state index is 0. The largest absolute Gasteiger partial charge is 3.00 e. The number of carboxylic acids is 4. The first-order chi connectivity index (χ1) is 56.6. The molecule has 0 saturated heterocycles. The summed E-state index contributed by atoms with van der Waals surface area (Å²) < 4.78 is 156. The van der Waals surface area contributed by atoms with Crippen LogP contribution >= 0.6 is 0 Å². The monoisotopic (exact) mass is 1770 g/mol. The van der Waals surface area contributed by atoms with Crippen molar-refractivity contribution in [1.29, 1.82) is 0 Å². The third-order valence-corrected chi connectivity index (χ3v) is 15.3. The van der Waals surface area contributed by atoms with Crippen LogP contribution in [0.5, 0.6) is 46.0 Å². The predicted octanol–water partition coefficient (Wildman–Crippen LogP) is -3.51. The number of esters is 1. The molecule has 0 unspecified atom stereocenters. The SMILES string of the molecule is COCCOCCOCCOc1cc(COc2cc(COC(=O)CN(CCN(CCN(CC(=O)O)CC(=O)O)CC(=O)O)CC(=O)O)cc(OCc3cc(OCCOCCOCCOC)c(OCCOCCOCCOC)c(OCCOCCOCCOC)c3)c2)cc(OCCOCCOCCOC)c1OCCOCCOCCOC.[Mn+3].[Na+].[Na+]. The predicted molar refractivity (Wildman–Crippen MR) is 412 cm³/mol. The van der Waals surface area contributed by atoms with Gasteiger partial charge in [-0.1, -0.05) is 0 Å². The number of rotatable bonds is 84. The maximum Gasteiger partial charge on any atom is 3.00 e. The van der Waals surface area contributed by atoms with Crippen LogP contribution in [0, 0.1) is 0 Å². The Balaban J connectivity index is 0.0000464. The van der Waals surface area contributed by atoms with Crippen molar-refractivity contribution >= 4 is 29.8 Å². The Morgan fingerprint density at radius 3 is 0.714 bits per heavy atom. The number of carbonyl (C=O) groups excluding carboxylic acids is 1. The van der Waals surface area contributed by atoms with E-state index >= 15 is 0 Å². The van der Waals surface area contributed by atoms with Crippen LogP contribution in [0.25, 0.3) is 0 Å². The zero-order valence-corrected chi connectivity index (χ0v) is 75.7. The van der Waals surface area contributed by atoms with Gasteiger partial charge in [0, 0.05) is 74.9 Å². The Bertz CT molecular complexity index is 2780. The summed E-state index contributed by atoms with van der Waals surface area (Å²) in [5.41, 5.74) is 1.41. The summed E-state index contributed by atoms with van der Waals surface area (Å²) >= 11 is 0. The molecule has 0 aliphatic heterocycles. The normalized spacial score (nSPS) is 11.1. The first-order valence-electron chi connectivity index (χ1n) is 38.2. The first kappa shape index (κ1) is 114. The van der Waals surface area contributed by atoms with Gasteiger partial charge in [0.05, 0.1) is 231 Å². The number of benzene rings is 3. The van der Waals surface area contributed by atoms with E-state index in [9.17, 15) is 44.4 Å². The summed E-state index contributed by atoms with van der Waals surface area (Å²) in [6.07, 6.45) is 0. The maximum atomic E-state index is 13.9. The third-order valence-electron chi connectivity index (χ3n) is 15.3. The van der Waals surface area contributed by atoms with E-state index in [1.165, 1.54) is 9.80 Å². The number of hydrogen-bond donors (Lipinski definition) is 4. The number of ether oxygens (including phenoxy) is 27. The van der Waals surface area contributed by atoms with Gasteiger partial charge in [-0.3, -0.25) is 38.7 Å². The Hall–Kier alpha value is -4.91. The average molecular weight is 1770 g/mol. The molecular formula is C77H125MnN3Na2O36+5. The second-order valence-corrected chi connectivity index (χ2v) is 24.6. The topological polar surface area (TPSA) is 425 Å². The van der Waals surface area contributed by atoms with Crippen LogP contribution in [-0.2, 0) is 151 Å². The van der Waals surface area contributed by atoms with Crippen molar-refractivity contribution in [2.24, 2.45) is 0 Å². The van der Waals surface area contributed by atoms with Gasteiger partial charge in [-0.25, -0.2) is 0 Å². The van der Waals surface area contributed by atoms with Crippen LogP contribution in [-0.4, -0.2) is 404 Å². The molecule has 0 aromatic heterocycles. The van der Waals surface area contributed by atoms with Crippen LogP contribution < -0.4 is 97.0 Å². The average Bonchev–Trinajstić information content (AvgIpc) is 0.820. The van der Waals surface area contributed by atoms with E-state index in [-0.39, 0.29) is 267 Å². The fourth-order valence-electron chi connectivity index (χ4n) is 9.81. The molecule has 0 atom stereocenters. The fraction of sp³-hybridized carbons (Fsp3) is 0.701. The molecule has 39 nitrogen and oxygen atoms in total. The van der Waals surface area contributed by atoms with Crippen LogP contribution in [0.1, 0.15) is 16.7 Å². The zero-order chi connectivity index (χ0) is 84.0. The smallest absolute Gasteiger partial charge is 0.489 e. The number of nitrogens with zero attached hydrogens (tertiary/aromatic N) is 3. The molecule has 0 heterocycles. The summed E-state index contributed by atoms with van der Waals surface area (Å²) in [6.45, 7) is 5.84. The minimum atomic E-state index is -1.31. The number of carbonyl (C=O) groups is 5. The van der Waals surface area contributed by atoms with Gasteiger partial charge in [-0.15, -0.1) is 0 Å². The van der Waals surface area contributed by atoms with E-state index in [2.05, 4.69) is 0 Å². The van der Waals surface area contributed by atoms with Crippen LogP contribution in [0.3, 0.4) is 0 Å². The van der Waals surface area contributed by atoms with Crippen molar-refractivity contribution in [2.75, 3.05) is 339 Å². The molecule has 0 amide bonds. The van der Waals surface area contributed by atoms with E-state index in [1.54, 1.807) is 85.1 Å². The molecule has 0 saturated carbocycles. The van der Waals surface area contributed by atoms with Gasteiger partial charge in [0.1, 0.15) is 71.0 Å². The molecule has 3 rings (SSSR count). The molecule has 0 radical (unpaired) electrons. The molecule has 3 aromatic carbocycles. The summed E-state index contributed by atoms with van der Waals surface area (Å²) in [7, 11) is 9.52. The van der Waals surface area contributed by atoms with Gasteiger partial charge in [-0.2, -0.15) is 0 Å². The van der Waals surface area contributed by atoms with E-state index in [4.69, 9.17) is 128 Å². The molecule has 668 valence electrons. The summed E-state index contributed by atoms with van der Waals surface area (Å²) in [5, 5.41) is 38.5. The molecular weight excluding hydrogens is 1640 g/mol. The molecule has 0 spiro atoms. The van der Waals surface area contributed by atoms with E-state index < -0.39 is 69.2 Å². The van der Waals surface area contributed by atoms with Crippen LogP contribution in [0.4, 0.5) is 0 Å². The van der Waals surface area contributed by atoms with Crippen molar-refractivity contribution in [3.63, 3.8) is 0 Å². The van der Waals surface area contributed by atoms with Crippen molar-refractivity contribution in [1.82, 2.24) is 14.7 Å². The summed E-state index contributed by atoms with van der Waals surface area (Å²) in [6, 6.07) is 11.8. The van der Waals surface area contributed by atoms with E-state index in [0.29, 0.717) is 149 Å². The summed E-state index contributed by atoms with van der Waals surface area (Å²) in [4.78, 5) is 64.9. The number of methoxy groups -OCH3 is 6. The van der Waals surface area contributed by atoms with Gasteiger partial charge < -0.3 is 148 Å². The molecule has 0 fully saturated rings. The quantitative estimate of drug-likeness (QED) is 0.0242. The van der Waals surface area contributed by atoms with Crippen LogP contribution in [0.2, 0.25) is 0 Å². The van der Waals surface area contributed by atoms with Crippen molar-refractivity contribution < 1.29 is 248 Å². The first-order valence-corrected chi connectivity index (χ1v) is 38.2. The maximum absolute atomic E-state index is 13.9. The number of hydrogen-bond acceptors (Lipinski definition) is 35. The molecule has 119 heavy (non-hydrogen) atoms. The van der Waals surface area contributed by atoms with Crippen LogP contribution in [0.15, 0.2) is 42.5 Å². The van der Waals surface area contributed by atoms with Gasteiger partial charge in [0.15, 0.2) is 23.0 Å². The second kappa shape index (κ2) is 79.0. The van der Waals surface area contributed by atoms with E-state index in [0.717, 1.165) is 4.90 Å². The number of aliphatic carboxylic acids is 4. The molecule has 0 aliphatic rings. The molecule has 0 bridgehead atoms. The molecule has 3 aromatic rings. The Labute approximate surface area is 752 Å². The molecule has 0 aliphatic carbocycles.